The lowest BCUT2D eigenvalue weighted by Gasteiger charge is -2.27. The van der Waals surface area contributed by atoms with Gasteiger partial charge < -0.3 is 10.6 Å². The number of thiophene rings is 1. The van der Waals surface area contributed by atoms with E-state index < -0.39 is 0 Å². The molecule has 1 heterocycles. The summed E-state index contributed by atoms with van der Waals surface area (Å²) in [6, 6.07) is 8.06. The maximum Gasteiger partial charge on any atom is 0.266 e. The molecule has 0 aliphatic carbocycles. The molecular formula is C15H20N2OS. The van der Waals surface area contributed by atoms with Crippen molar-refractivity contribution < 1.29 is 4.79 Å². The fourth-order valence-corrected chi connectivity index (χ4v) is 3.12. The molecule has 1 amide bonds. The summed E-state index contributed by atoms with van der Waals surface area (Å²) in [5.74, 6) is 0.435. The number of fused-ring (bicyclic) bond motifs is 1. The Labute approximate surface area is 118 Å². The minimum atomic E-state index is 0.0138. The average molecular weight is 276 g/mol. The van der Waals surface area contributed by atoms with Crippen LogP contribution in [0.4, 0.5) is 5.69 Å². The highest BCUT2D eigenvalue weighted by Crippen LogP contribution is 2.34. The van der Waals surface area contributed by atoms with Crippen LogP contribution in [0, 0.1) is 5.92 Å². The molecule has 0 aliphatic rings. The Kier molecular flexibility index (Phi) is 3.80. The molecule has 0 bridgehead atoms. The average Bonchev–Trinajstić information content (AvgIpc) is 2.74. The molecule has 2 aromatic rings. The number of amides is 1. The van der Waals surface area contributed by atoms with Gasteiger partial charge >= 0.3 is 0 Å². The van der Waals surface area contributed by atoms with Crippen LogP contribution in [0.15, 0.2) is 24.3 Å². The van der Waals surface area contributed by atoms with Crippen LogP contribution in [0.2, 0.25) is 0 Å². The smallest absolute Gasteiger partial charge is 0.266 e. The zero-order valence-electron chi connectivity index (χ0n) is 11.8. The van der Waals surface area contributed by atoms with Crippen LogP contribution in [0.5, 0.6) is 0 Å². The zero-order valence-corrected chi connectivity index (χ0v) is 12.6. The van der Waals surface area contributed by atoms with E-state index >= 15 is 0 Å². The van der Waals surface area contributed by atoms with Crippen LogP contribution in [0.3, 0.4) is 0 Å². The Morgan fingerprint density at radius 2 is 1.89 bits per heavy atom. The largest absolute Gasteiger partial charge is 0.397 e. The Balaban J connectivity index is 2.39. The molecule has 0 radical (unpaired) electrons. The van der Waals surface area contributed by atoms with Gasteiger partial charge in [-0.15, -0.1) is 11.3 Å². The first-order valence-electron chi connectivity index (χ1n) is 6.47. The second kappa shape index (κ2) is 5.21. The summed E-state index contributed by atoms with van der Waals surface area (Å²) in [7, 11) is 1.84. The van der Waals surface area contributed by atoms with E-state index in [2.05, 4.69) is 20.8 Å². The minimum absolute atomic E-state index is 0.0138. The maximum atomic E-state index is 12.5. The molecule has 1 aromatic carbocycles. The van der Waals surface area contributed by atoms with Gasteiger partial charge in [-0.1, -0.05) is 32.0 Å². The summed E-state index contributed by atoms with van der Waals surface area (Å²) in [6.07, 6.45) is 0. The van der Waals surface area contributed by atoms with Crippen molar-refractivity contribution >= 4 is 33.0 Å². The molecule has 0 saturated carbocycles. The molecule has 19 heavy (non-hydrogen) atoms. The van der Waals surface area contributed by atoms with Crippen LogP contribution in [0.25, 0.3) is 10.1 Å². The molecule has 2 rings (SSSR count). The summed E-state index contributed by atoms with van der Waals surface area (Å²) in [4.78, 5) is 15.0. The monoisotopic (exact) mass is 276 g/mol. The number of nitrogens with two attached hydrogens (primary N) is 1. The first kappa shape index (κ1) is 13.9. The van der Waals surface area contributed by atoms with Crippen LogP contribution < -0.4 is 5.73 Å². The fourth-order valence-electron chi connectivity index (χ4n) is 2.02. The van der Waals surface area contributed by atoms with Gasteiger partial charge in [-0.05, 0) is 18.9 Å². The fraction of sp³-hybridized carbons (Fsp3) is 0.400. The van der Waals surface area contributed by atoms with Gasteiger partial charge in [0.1, 0.15) is 4.88 Å². The van der Waals surface area contributed by atoms with Gasteiger partial charge in [0.25, 0.3) is 5.91 Å². The van der Waals surface area contributed by atoms with Crippen LogP contribution >= 0.6 is 11.3 Å². The zero-order chi connectivity index (χ0) is 14.2. The highest BCUT2D eigenvalue weighted by Gasteiger charge is 2.24. The number of carbonyl (C=O) groups is 1. The summed E-state index contributed by atoms with van der Waals surface area (Å²) in [6.45, 7) is 6.29. The molecule has 1 aromatic heterocycles. The number of hydrogen-bond acceptors (Lipinski definition) is 3. The lowest BCUT2D eigenvalue weighted by molar-refractivity contribution is 0.0713. The van der Waals surface area contributed by atoms with Crippen molar-refractivity contribution in [1.82, 2.24) is 4.90 Å². The number of hydrogen-bond donors (Lipinski definition) is 1. The van der Waals surface area contributed by atoms with Gasteiger partial charge in [0, 0.05) is 23.2 Å². The second-order valence-corrected chi connectivity index (χ2v) is 6.29. The standard InChI is InChI=1S/C15H20N2OS/c1-9(2)10(3)17(4)15(18)14-13(16)11-7-5-6-8-12(11)19-14/h5-10H,16H2,1-4H3. The molecule has 102 valence electrons. The Hall–Kier alpha value is -1.55. The predicted octanol–water partition coefficient (Wildman–Crippen LogP) is 3.60. The highest BCUT2D eigenvalue weighted by molar-refractivity contribution is 7.21. The highest BCUT2D eigenvalue weighted by atomic mass is 32.1. The van der Waals surface area contributed by atoms with Crippen molar-refractivity contribution in [3.05, 3.63) is 29.1 Å². The number of anilines is 1. The summed E-state index contributed by atoms with van der Waals surface area (Å²) < 4.78 is 1.06. The van der Waals surface area contributed by atoms with Crippen LogP contribution in [-0.2, 0) is 0 Å². The summed E-state index contributed by atoms with van der Waals surface area (Å²) >= 11 is 1.47. The molecule has 4 heteroatoms. The lowest BCUT2D eigenvalue weighted by atomic mass is 10.1. The van der Waals surface area contributed by atoms with E-state index in [0.29, 0.717) is 16.5 Å². The van der Waals surface area contributed by atoms with Crippen molar-refractivity contribution in [2.75, 3.05) is 12.8 Å². The van der Waals surface area contributed by atoms with Crippen molar-refractivity contribution in [3.63, 3.8) is 0 Å². The van der Waals surface area contributed by atoms with Gasteiger partial charge in [-0.2, -0.15) is 0 Å². The third-order valence-corrected chi connectivity index (χ3v) is 4.90. The lowest BCUT2D eigenvalue weighted by Crippen LogP contribution is -2.38. The first-order valence-corrected chi connectivity index (χ1v) is 7.29. The van der Waals surface area contributed by atoms with Gasteiger partial charge in [0.15, 0.2) is 0 Å². The number of carbonyl (C=O) groups excluding carboxylic acids is 1. The molecule has 1 unspecified atom stereocenters. The second-order valence-electron chi connectivity index (χ2n) is 5.24. The van der Waals surface area contributed by atoms with Crippen molar-refractivity contribution in [1.29, 1.82) is 0 Å². The molecule has 3 nitrogen and oxygen atoms in total. The van der Waals surface area contributed by atoms with E-state index in [1.807, 2.05) is 31.3 Å². The van der Waals surface area contributed by atoms with E-state index in [9.17, 15) is 4.79 Å². The normalized spacial score (nSPS) is 12.9. The Bertz CT molecular complexity index is 603. The Morgan fingerprint density at radius 1 is 1.26 bits per heavy atom. The molecule has 0 spiro atoms. The van der Waals surface area contributed by atoms with E-state index in [1.54, 1.807) is 4.90 Å². The van der Waals surface area contributed by atoms with Crippen molar-refractivity contribution in [2.45, 2.75) is 26.8 Å². The van der Waals surface area contributed by atoms with E-state index in [-0.39, 0.29) is 11.9 Å². The number of benzene rings is 1. The topological polar surface area (TPSA) is 46.3 Å². The van der Waals surface area contributed by atoms with Crippen molar-refractivity contribution in [3.8, 4) is 0 Å². The number of rotatable bonds is 3. The van der Waals surface area contributed by atoms with Crippen LogP contribution in [0.1, 0.15) is 30.4 Å². The third kappa shape index (κ3) is 2.45. The quantitative estimate of drug-likeness (QED) is 0.931. The minimum Gasteiger partial charge on any atom is -0.397 e. The van der Waals surface area contributed by atoms with E-state index in [0.717, 1.165) is 10.1 Å². The molecule has 0 saturated heterocycles. The molecule has 0 aliphatic heterocycles. The third-order valence-electron chi connectivity index (χ3n) is 3.72. The van der Waals surface area contributed by atoms with Gasteiger partial charge in [0.05, 0.1) is 5.69 Å². The molecular weight excluding hydrogens is 256 g/mol. The van der Waals surface area contributed by atoms with Crippen molar-refractivity contribution in [2.24, 2.45) is 5.92 Å². The van der Waals surface area contributed by atoms with Gasteiger partial charge in [-0.25, -0.2) is 0 Å². The summed E-state index contributed by atoms with van der Waals surface area (Å²) in [5.41, 5.74) is 6.72. The first-order chi connectivity index (χ1) is 8.93. The van der Waals surface area contributed by atoms with Crippen LogP contribution in [-0.4, -0.2) is 23.9 Å². The predicted molar refractivity (Wildman–Crippen MR) is 82.6 cm³/mol. The maximum absolute atomic E-state index is 12.5. The Morgan fingerprint density at radius 3 is 2.47 bits per heavy atom. The van der Waals surface area contributed by atoms with E-state index in [1.165, 1.54) is 11.3 Å². The molecule has 2 N–H and O–H groups in total. The number of nitrogen functional groups attached to an aromatic ring is 1. The van der Waals surface area contributed by atoms with Gasteiger partial charge in [0.2, 0.25) is 0 Å². The van der Waals surface area contributed by atoms with Gasteiger partial charge in [-0.3, -0.25) is 4.79 Å². The SMILES string of the molecule is CC(C)C(C)N(C)C(=O)c1sc2ccccc2c1N. The molecule has 0 fully saturated rings. The molecule has 1 atom stereocenters. The number of nitrogens with zero attached hydrogens (tertiary/aromatic N) is 1. The van der Waals surface area contributed by atoms with E-state index in [4.69, 9.17) is 5.73 Å². The summed E-state index contributed by atoms with van der Waals surface area (Å²) in [5, 5.41) is 0.974.